The molecule has 2 rings (SSSR count). The third-order valence-corrected chi connectivity index (χ3v) is 3.43. The highest BCUT2D eigenvalue weighted by Gasteiger charge is 2.10. The normalized spacial score (nSPS) is 17.4. The number of halogens is 1. The third-order valence-electron chi connectivity index (χ3n) is 3.14. The van der Waals surface area contributed by atoms with E-state index in [0.29, 0.717) is 11.6 Å². The molecule has 0 aliphatic carbocycles. The number of ether oxygens (including phenoxy) is 1. The van der Waals surface area contributed by atoms with Gasteiger partial charge in [0.25, 0.3) is 0 Å². The van der Waals surface area contributed by atoms with Gasteiger partial charge >= 0.3 is 0 Å². The van der Waals surface area contributed by atoms with Crippen molar-refractivity contribution in [2.75, 3.05) is 32.8 Å². The van der Waals surface area contributed by atoms with Gasteiger partial charge < -0.3 is 10.1 Å². The molecule has 1 fully saturated rings. The lowest BCUT2D eigenvalue weighted by atomic mass is 10.2. The quantitative estimate of drug-likeness (QED) is 0.908. The minimum Gasteiger partial charge on any atom is -0.492 e. The van der Waals surface area contributed by atoms with Crippen molar-refractivity contribution in [2.24, 2.45) is 0 Å². The molecule has 1 N–H and O–H groups in total. The Morgan fingerprint density at radius 3 is 3.00 bits per heavy atom. The van der Waals surface area contributed by atoms with E-state index in [1.807, 2.05) is 19.1 Å². The molecular weight excluding hydrogens is 248 g/mol. The van der Waals surface area contributed by atoms with Crippen molar-refractivity contribution in [3.63, 3.8) is 0 Å². The first kappa shape index (κ1) is 13.7. The standard InChI is InChI=1S/C14H21ClN2O/c1-2-18-14-5-4-12(10-13(14)15)11-17-8-3-6-16-7-9-17/h4-5,10,16H,2-3,6-9,11H2,1H3. The van der Waals surface area contributed by atoms with Crippen LogP contribution in [0.3, 0.4) is 0 Å². The largest absolute Gasteiger partial charge is 0.492 e. The van der Waals surface area contributed by atoms with E-state index in [1.165, 1.54) is 12.0 Å². The van der Waals surface area contributed by atoms with Gasteiger partial charge in [0.1, 0.15) is 5.75 Å². The van der Waals surface area contributed by atoms with Crippen LogP contribution in [0.5, 0.6) is 5.75 Å². The summed E-state index contributed by atoms with van der Waals surface area (Å²) in [6, 6.07) is 6.09. The number of nitrogens with one attached hydrogen (secondary N) is 1. The average molecular weight is 269 g/mol. The Kier molecular flexibility index (Phi) is 5.29. The van der Waals surface area contributed by atoms with Crippen LogP contribution >= 0.6 is 11.6 Å². The minimum absolute atomic E-state index is 0.650. The van der Waals surface area contributed by atoms with Crippen molar-refractivity contribution in [1.29, 1.82) is 0 Å². The molecule has 1 aliphatic heterocycles. The molecule has 0 atom stereocenters. The molecule has 0 bridgehead atoms. The molecule has 3 nitrogen and oxygen atoms in total. The Morgan fingerprint density at radius 1 is 1.33 bits per heavy atom. The second-order valence-corrected chi connectivity index (χ2v) is 4.98. The lowest BCUT2D eigenvalue weighted by Crippen LogP contribution is -2.27. The smallest absolute Gasteiger partial charge is 0.137 e. The van der Waals surface area contributed by atoms with E-state index in [-0.39, 0.29) is 0 Å². The van der Waals surface area contributed by atoms with Gasteiger partial charge in [-0.3, -0.25) is 4.90 Å². The van der Waals surface area contributed by atoms with E-state index in [4.69, 9.17) is 16.3 Å². The summed E-state index contributed by atoms with van der Waals surface area (Å²) >= 11 is 6.20. The van der Waals surface area contributed by atoms with Gasteiger partial charge in [0, 0.05) is 19.6 Å². The maximum Gasteiger partial charge on any atom is 0.137 e. The molecule has 1 aromatic carbocycles. The summed E-state index contributed by atoms with van der Waals surface area (Å²) in [5.74, 6) is 0.778. The zero-order chi connectivity index (χ0) is 12.8. The lowest BCUT2D eigenvalue weighted by Gasteiger charge is -2.19. The SMILES string of the molecule is CCOc1ccc(CN2CCCNCC2)cc1Cl. The molecule has 0 saturated carbocycles. The zero-order valence-electron chi connectivity index (χ0n) is 10.9. The van der Waals surface area contributed by atoms with Gasteiger partial charge in [0.05, 0.1) is 11.6 Å². The van der Waals surface area contributed by atoms with Gasteiger partial charge in [0.15, 0.2) is 0 Å². The topological polar surface area (TPSA) is 24.5 Å². The Morgan fingerprint density at radius 2 is 2.22 bits per heavy atom. The molecule has 0 aromatic heterocycles. The van der Waals surface area contributed by atoms with Crippen LogP contribution in [0.25, 0.3) is 0 Å². The number of rotatable bonds is 4. The van der Waals surface area contributed by atoms with Gasteiger partial charge in [-0.2, -0.15) is 0 Å². The second-order valence-electron chi connectivity index (χ2n) is 4.58. The second kappa shape index (κ2) is 6.98. The summed E-state index contributed by atoms with van der Waals surface area (Å²) in [4.78, 5) is 2.46. The number of benzene rings is 1. The van der Waals surface area contributed by atoms with Crippen LogP contribution in [0, 0.1) is 0 Å². The fourth-order valence-corrected chi connectivity index (χ4v) is 2.49. The molecule has 18 heavy (non-hydrogen) atoms. The van der Waals surface area contributed by atoms with Crippen molar-refractivity contribution in [1.82, 2.24) is 10.2 Å². The molecule has 0 spiro atoms. The van der Waals surface area contributed by atoms with Crippen LogP contribution in [0.2, 0.25) is 5.02 Å². The predicted molar refractivity (Wildman–Crippen MR) is 75.4 cm³/mol. The molecule has 100 valence electrons. The summed E-state index contributed by atoms with van der Waals surface area (Å²) in [5.41, 5.74) is 1.25. The van der Waals surface area contributed by atoms with Gasteiger partial charge in [-0.25, -0.2) is 0 Å². The van der Waals surface area contributed by atoms with Crippen LogP contribution in [-0.4, -0.2) is 37.7 Å². The maximum atomic E-state index is 6.20. The number of nitrogens with zero attached hydrogens (tertiary/aromatic N) is 1. The zero-order valence-corrected chi connectivity index (χ0v) is 11.7. The van der Waals surface area contributed by atoms with Gasteiger partial charge in [-0.1, -0.05) is 17.7 Å². The van der Waals surface area contributed by atoms with Gasteiger partial charge in [0.2, 0.25) is 0 Å². The van der Waals surface area contributed by atoms with Crippen LogP contribution < -0.4 is 10.1 Å². The van der Waals surface area contributed by atoms with Gasteiger partial charge in [-0.15, -0.1) is 0 Å². The minimum atomic E-state index is 0.650. The monoisotopic (exact) mass is 268 g/mol. The predicted octanol–water partition coefficient (Wildman–Crippen LogP) is 2.53. The highest BCUT2D eigenvalue weighted by Crippen LogP contribution is 2.26. The maximum absolute atomic E-state index is 6.20. The first-order chi connectivity index (χ1) is 8.79. The molecule has 1 aromatic rings. The van der Waals surface area contributed by atoms with Crippen molar-refractivity contribution in [3.05, 3.63) is 28.8 Å². The molecular formula is C14H21ClN2O. The van der Waals surface area contributed by atoms with Crippen molar-refractivity contribution in [2.45, 2.75) is 19.9 Å². The fraction of sp³-hybridized carbons (Fsp3) is 0.571. The van der Waals surface area contributed by atoms with E-state index >= 15 is 0 Å². The van der Waals surface area contributed by atoms with Crippen LogP contribution in [-0.2, 0) is 6.54 Å². The molecule has 0 radical (unpaired) electrons. The first-order valence-electron chi connectivity index (χ1n) is 6.64. The Labute approximate surface area is 114 Å². The number of hydrogen-bond acceptors (Lipinski definition) is 3. The molecule has 1 saturated heterocycles. The van der Waals surface area contributed by atoms with E-state index in [2.05, 4.69) is 16.3 Å². The third kappa shape index (κ3) is 3.87. The van der Waals surface area contributed by atoms with Crippen molar-refractivity contribution in [3.8, 4) is 5.75 Å². The molecule has 0 amide bonds. The fourth-order valence-electron chi connectivity index (χ4n) is 2.23. The number of hydrogen-bond donors (Lipinski definition) is 1. The summed E-state index contributed by atoms with van der Waals surface area (Å²) in [6.45, 7) is 8.03. The van der Waals surface area contributed by atoms with Crippen LogP contribution in [0.1, 0.15) is 18.9 Å². The van der Waals surface area contributed by atoms with Crippen molar-refractivity contribution < 1.29 is 4.74 Å². The summed E-state index contributed by atoms with van der Waals surface area (Å²) in [5, 5.41) is 4.12. The van der Waals surface area contributed by atoms with E-state index in [1.54, 1.807) is 0 Å². The molecule has 1 aliphatic rings. The van der Waals surface area contributed by atoms with E-state index < -0.39 is 0 Å². The lowest BCUT2D eigenvalue weighted by molar-refractivity contribution is 0.284. The molecule has 1 heterocycles. The van der Waals surface area contributed by atoms with Gasteiger partial charge in [-0.05, 0) is 44.1 Å². The van der Waals surface area contributed by atoms with Crippen LogP contribution in [0.15, 0.2) is 18.2 Å². The summed E-state index contributed by atoms with van der Waals surface area (Å²) in [6.07, 6.45) is 1.21. The summed E-state index contributed by atoms with van der Waals surface area (Å²) < 4.78 is 5.45. The molecule has 4 heteroatoms. The Bertz CT molecular complexity index is 376. The van der Waals surface area contributed by atoms with Crippen LogP contribution in [0.4, 0.5) is 0 Å². The molecule has 0 unspecified atom stereocenters. The highest BCUT2D eigenvalue weighted by atomic mass is 35.5. The summed E-state index contributed by atoms with van der Waals surface area (Å²) in [7, 11) is 0. The van der Waals surface area contributed by atoms with E-state index in [9.17, 15) is 0 Å². The first-order valence-corrected chi connectivity index (χ1v) is 7.01. The Hall–Kier alpha value is -0.770. The highest BCUT2D eigenvalue weighted by molar-refractivity contribution is 6.32. The Balaban J connectivity index is 1.98. The van der Waals surface area contributed by atoms with Crippen molar-refractivity contribution >= 4 is 11.6 Å². The average Bonchev–Trinajstić information content (AvgIpc) is 2.61. The van der Waals surface area contributed by atoms with E-state index in [0.717, 1.165) is 38.5 Å².